The van der Waals surface area contributed by atoms with Crippen LogP contribution in [0.25, 0.3) is 0 Å². The van der Waals surface area contributed by atoms with Gasteiger partial charge >= 0.3 is 5.97 Å². The first-order valence-corrected chi connectivity index (χ1v) is 8.11. The van der Waals surface area contributed by atoms with Crippen molar-refractivity contribution in [3.8, 4) is 5.88 Å². The molecular formula is C17H23N3O5. The van der Waals surface area contributed by atoms with Crippen molar-refractivity contribution >= 4 is 17.8 Å². The zero-order valence-electron chi connectivity index (χ0n) is 14.7. The molecule has 2 heterocycles. The number of nitrogens with zero attached hydrogens (tertiary/aromatic N) is 3. The summed E-state index contributed by atoms with van der Waals surface area (Å²) in [5, 5.41) is 9.11. The van der Waals surface area contributed by atoms with E-state index in [4.69, 9.17) is 9.84 Å². The van der Waals surface area contributed by atoms with E-state index in [1.165, 1.54) is 24.0 Å². The summed E-state index contributed by atoms with van der Waals surface area (Å²) in [5.41, 5.74) is 1.01. The number of ether oxygens (including phenoxy) is 1. The SMILES string of the molecule is COc1nc(C)ccc1C(=O)N(C)CC(=O)N1CCC[C@H](C(=O)O)C1. The van der Waals surface area contributed by atoms with E-state index in [2.05, 4.69) is 4.98 Å². The Kier molecular flexibility index (Phi) is 5.95. The van der Waals surface area contributed by atoms with E-state index in [0.717, 1.165) is 5.69 Å². The van der Waals surface area contributed by atoms with Gasteiger partial charge in [-0.3, -0.25) is 14.4 Å². The average molecular weight is 349 g/mol. The molecule has 136 valence electrons. The number of piperidine rings is 1. The van der Waals surface area contributed by atoms with Crippen LogP contribution < -0.4 is 4.74 Å². The van der Waals surface area contributed by atoms with Crippen molar-refractivity contribution < 1.29 is 24.2 Å². The highest BCUT2D eigenvalue weighted by Gasteiger charge is 2.29. The van der Waals surface area contributed by atoms with Crippen LogP contribution >= 0.6 is 0 Å². The second-order valence-corrected chi connectivity index (χ2v) is 6.19. The van der Waals surface area contributed by atoms with Crippen LogP contribution in [0.1, 0.15) is 28.9 Å². The van der Waals surface area contributed by atoms with Crippen LogP contribution in [-0.2, 0) is 9.59 Å². The summed E-state index contributed by atoms with van der Waals surface area (Å²) in [6.45, 7) is 2.37. The lowest BCUT2D eigenvalue weighted by molar-refractivity contribution is -0.145. The molecule has 1 aromatic heterocycles. The summed E-state index contributed by atoms with van der Waals surface area (Å²) in [6, 6.07) is 3.32. The molecule has 0 aromatic carbocycles. The predicted octanol–water partition coefficient (Wildman–Crippen LogP) is 0.794. The van der Waals surface area contributed by atoms with Gasteiger partial charge in [-0.05, 0) is 31.9 Å². The number of amides is 2. The van der Waals surface area contributed by atoms with Crippen molar-refractivity contribution in [2.24, 2.45) is 5.92 Å². The Hall–Kier alpha value is -2.64. The van der Waals surface area contributed by atoms with Crippen LogP contribution in [0.15, 0.2) is 12.1 Å². The maximum atomic E-state index is 12.6. The number of aliphatic carboxylic acids is 1. The molecule has 8 nitrogen and oxygen atoms in total. The minimum atomic E-state index is -0.891. The highest BCUT2D eigenvalue weighted by atomic mass is 16.5. The summed E-state index contributed by atoms with van der Waals surface area (Å²) in [5.74, 6) is -1.85. The molecular weight excluding hydrogens is 326 g/mol. The lowest BCUT2D eigenvalue weighted by atomic mass is 9.98. The number of likely N-dealkylation sites (tertiary alicyclic amines) is 1. The molecule has 1 saturated heterocycles. The molecule has 0 unspecified atom stereocenters. The molecule has 25 heavy (non-hydrogen) atoms. The Balaban J connectivity index is 2.03. The maximum Gasteiger partial charge on any atom is 0.308 e. The molecule has 0 aliphatic carbocycles. The first-order chi connectivity index (χ1) is 11.8. The molecule has 0 radical (unpaired) electrons. The number of carboxylic acids is 1. The zero-order valence-corrected chi connectivity index (χ0v) is 14.7. The Labute approximate surface area is 146 Å². The van der Waals surface area contributed by atoms with Gasteiger partial charge in [-0.1, -0.05) is 0 Å². The van der Waals surface area contributed by atoms with Crippen molar-refractivity contribution in [2.75, 3.05) is 33.8 Å². The van der Waals surface area contributed by atoms with Gasteiger partial charge in [-0.15, -0.1) is 0 Å². The normalized spacial score (nSPS) is 17.1. The third-order valence-corrected chi connectivity index (χ3v) is 4.27. The van der Waals surface area contributed by atoms with Crippen molar-refractivity contribution in [1.82, 2.24) is 14.8 Å². The Bertz CT molecular complexity index is 676. The maximum absolute atomic E-state index is 12.6. The van der Waals surface area contributed by atoms with Gasteiger partial charge in [0, 0.05) is 25.8 Å². The highest BCUT2D eigenvalue weighted by molar-refractivity contribution is 5.98. The van der Waals surface area contributed by atoms with Crippen molar-refractivity contribution in [2.45, 2.75) is 19.8 Å². The molecule has 1 aliphatic rings. The van der Waals surface area contributed by atoms with Gasteiger partial charge in [0.2, 0.25) is 11.8 Å². The Morgan fingerprint density at radius 1 is 1.40 bits per heavy atom. The second-order valence-electron chi connectivity index (χ2n) is 6.19. The zero-order chi connectivity index (χ0) is 18.6. The van der Waals surface area contributed by atoms with E-state index >= 15 is 0 Å². The van der Waals surface area contributed by atoms with E-state index in [1.54, 1.807) is 19.1 Å². The van der Waals surface area contributed by atoms with Gasteiger partial charge in [0.1, 0.15) is 5.56 Å². The minimum absolute atomic E-state index is 0.123. The van der Waals surface area contributed by atoms with Gasteiger partial charge in [-0.25, -0.2) is 4.98 Å². The van der Waals surface area contributed by atoms with Crippen LogP contribution in [-0.4, -0.2) is 71.5 Å². The number of hydrogen-bond acceptors (Lipinski definition) is 5. The van der Waals surface area contributed by atoms with Gasteiger partial charge in [0.15, 0.2) is 0 Å². The quantitative estimate of drug-likeness (QED) is 0.844. The molecule has 1 N–H and O–H groups in total. The van der Waals surface area contributed by atoms with Crippen LogP contribution in [0.5, 0.6) is 5.88 Å². The number of aromatic nitrogens is 1. The fourth-order valence-corrected chi connectivity index (χ4v) is 2.84. The summed E-state index contributed by atoms with van der Waals surface area (Å²) in [7, 11) is 2.96. The Morgan fingerprint density at radius 3 is 2.76 bits per heavy atom. The highest BCUT2D eigenvalue weighted by Crippen LogP contribution is 2.19. The summed E-state index contributed by atoms with van der Waals surface area (Å²) in [4.78, 5) is 43.1. The lowest BCUT2D eigenvalue weighted by Crippen LogP contribution is -2.47. The topological polar surface area (TPSA) is 100 Å². The molecule has 0 spiro atoms. The standard InChI is InChI=1S/C17H23N3O5/c1-11-6-7-13(15(18-11)25-3)16(22)19(2)10-14(21)20-8-4-5-12(9-20)17(23)24/h6-7,12H,4-5,8-10H2,1-3H3,(H,23,24)/t12-/m0/s1. The fourth-order valence-electron chi connectivity index (χ4n) is 2.84. The van der Waals surface area contributed by atoms with Crippen LogP contribution in [0.2, 0.25) is 0 Å². The minimum Gasteiger partial charge on any atom is -0.481 e. The van der Waals surface area contributed by atoms with Gasteiger partial charge in [-0.2, -0.15) is 0 Å². The number of carboxylic acid groups (broad SMARTS) is 1. The van der Waals surface area contributed by atoms with E-state index in [-0.39, 0.29) is 36.3 Å². The second kappa shape index (κ2) is 7.96. The molecule has 1 fully saturated rings. The Morgan fingerprint density at radius 2 is 2.12 bits per heavy atom. The average Bonchev–Trinajstić information content (AvgIpc) is 2.60. The molecule has 1 aromatic rings. The number of carbonyl (C=O) groups excluding carboxylic acids is 2. The third kappa shape index (κ3) is 4.46. The van der Waals surface area contributed by atoms with Gasteiger partial charge in [0.25, 0.3) is 5.91 Å². The van der Waals surface area contributed by atoms with Crippen molar-refractivity contribution in [1.29, 1.82) is 0 Å². The smallest absolute Gasteiger partial charge is 0.308 e. The number of likely N-dealkylation sites (N-methyl/N-ethyl adjacent to an activating group) is 1. The van der Waals surface area contributed by atoms with Gasteiger partial charge in [0.05, 0.1) is 19.6 Å². The fraction of sp³-hybridized carbons (Fsp3) is 0.529. The lowest BCUT2D eigenvalue weighted by Gasteiger charge is -2.32. The van der Waals surface area contributed by atoms with Crippen LogP contribution in [0.4, 0.5) is 0 Å². The first-order valence-electron chi connectivity index (χ1n) is 8.11. The molecule has 0 bridgehead atoms. The largest absolute Gasteiger partial charge is 0.481 e. The molecule has 0 saturated carbocycles. The summed E-state index contributed by atoms with van der Waals surface area (Å²) >= 11 is 0. The van der Waals surface area contributed by atoms with Crippen LogP contribution in [0, 0.1) is 12.8 Å². The number of pyridine rings is 1. The molecule has 2 amide bonds. The van der Waals surface area contributed by atoms with Gasteiger partial charge < -0.3 is 19.6 Å². The monoisotopic (exact) mass is 349 g/mol. The van der Waals surface area contributed by atoms with E-state index in [9.17, 15) is 14.4 Å². The molecule has 2 rings (SSSR count). The van der Waals surface area contributed by atoms with Crippen molar-refractivity contribution in [3.63, 3.8) is 0 Å². The molecule has 8 heteroatoms. The van der Waals surface area contributed by atoms with E-state index in [1.807, 2.05) is 0 Å². The first kappa shape index (κ1) is 18.7. The number of carbonyl (C=O) groups is 3. The molecule has 1 atom stereocenters. The number of methoxy groups -OCH3 is 1. The molecule has 1 aliphatic heterocycles. The number of hydrogen-bond donors (Lipinski definition) is 1. The van der Waals surface area contributed by atoms with E-state index in [0.29, 0.717) is 19.4 Å². The number of aryl methyl sites for hydroxylation is 1. The third-order valence-electron chi connectivity index (χ3n) is 4.27. The van der Waals surface area contributed by atoms with E-state index < -0.39 is 11.9 Å². The van der Waals surface area contributed by atoms with Crippen molar-refractivity contribution in [3.05, 3.63) is 23.4 Å². The van der Waals surface area contributed by atoms with Crippen LogP contribution in [0.3, 0.4) is 0 Å². The number of rotatable bonds is 5. The predicted molar refractivity (Wildman–Crippen MR) is 89.4 cm³/mol. The summed E-state index contributed by atoms with van der Waals surface area (Å²) in [6.07, 6.45) is 1.22. The summed E-state index contributed by atoms with van der Waals surface area (Å²) < 4.78 is 5.14.